The van der Waals surface area contributed by atoms with E-state index in [1.165, 1.54) is 0 Å². The van der Waals surface area contributed by atoms with E-state index in [1.807, 2.05) is 18.7 Å². The molecule has 0 radical (unpaired) electrons. The van der Waals surface area contributed by atoms with Crippen LogP contribution in [0.25, 0.3) is 0 Å². The fourth-order valence-electron chi connectivity index (χ4n) is 1.53. The van der Waals surface area contributed by atoms with Crippen LogP contribution in [0, 0.1) is 0 Å². The van der Waals surface area contributed by atoms with Crippen LogP contribution in [-0.2, 0) is 0 Å². The van der Waals surface area contributed by atoms with Gasteiger partial charge in [-0.15, -0.1) is 0 Å². The lowest BCUT2D eigenvalue weighted by molar-refractivity contribution is 0.437. The monoisotopic (exact) mass is 279 g/mol. The van der Waals surface area contributed by atoms with Crippen molar-refractivity contribution in [3.63, 3.8) is 0 Å². The first kappa shape index (κ1) is 13.5. The summed E-state index contributed by atoms with van der Waals surface area (Å²) < 4.78 is 5.50. The highest BCUT2D eigenvalue weighted by molar-refractivity contribution is 6.28. The summed E-state index contributed by atoms with van der Waals surface area (Å²) in [6, 6.07) is 3.69. The first-order chi connectivity index (χ1) is 9.22. The Hall–Kier alpha value is -1.95. The van der Waals surface area contributed by atoms with Gasteiger partial charge >= 0.3 is 6.01 Å². The van der Waals surface area contributed by atoms with Gasteiger partial charge in [0.2, 0.25) is 11.2 Å². The van der Waals surface area contributed by atoms with Gasteiger partial charge in [0.15, 0.2) is 0 Å². The van der Waals surface area contributed by atoms with Crippen LogP contribution in [0.2, 0.25) is 5.28 Å². The van der Waals surface area contributed by atoms with Gasteiger partial charge in [-0.05, 0) is 37.6 Å². The first-order valence-electron chi connectivity index (χ1n) is 5.97. The number of aromatic nitrogens is 4. The predicted molar refractivity (Wildman–Crippen MR) is 72.7 cm³/mol. The van der Waals surface area contributed by atoms with E-state index in [1.54, 1.807) is 24.5 Å². The average Bonchev–Trinajstić information content (AvgIpc) is 2.40. The van der Waals surface area contributed by atoms with E-state index in [-0.39, 0.29) is 11.3 Å². The second-order valence-corrected chi connectivity index (χ2v) is 3.99. The van der Waals surface area contributed by atoms with E-state index in [0.717, 1.165) is 13.1 Å². The lowest BCUT2D eigenvalue weighted by atomic mass is 10.5. The second-order valence-electron chi connectivity index (χ2n) is 3.65. The minimum absolute atomic E-state index is 0.107. The number of pyridine rings is 1. The molecule has 7 heteroatoms. The van der Waals surface area contributed by atoms with Crippen molar-refractivity contribution in [3.05, 3.63) is 29.8 Å². The van der Waals surface area contributed by atoms with Crippen molar-refractivity contribution in [3.8, 4) is 11.8 Å². The van der Waals surface area contributed by atoms with Gasteiger partial charge < -0.3 is 9.64 Å². The van der Waals surface area contributed by atoms with Gasteiger partial charge in [0, 0.05) is 19.3 Å². The fourth-order valence-corrected chi connectivity index (χ4v) is 1.68. The standard InChI is InChI=1S/C12H14ClN5O/c1-3-18(4-2)11-15-10(13)16-12(17-11)19-9-6-5-7-14-8-9/h5-8H,3-4H2,1-2H3. The molecule has 0 aliphatic carbocycles. The van der Waals surface area contributed by atoms with E-state index < -0.39 is 0 Å². The molecule has 0 saturated carbocycles. The summed E-state index contributed by atoms with van der Waals surface area (Å²) in [5.41, 5.74) is 0. The van der Waals surface area contributed by atoms with Crippen LogP contribution in [0.3, 0.4) is 0 Å². The van der Waals surface area contributed by atoms with Crippen molar-refractivity contribution in [2.75, 3.05) is 18.0 Å². The van der Waals surface area contributed by atoms with Gasteiger partial charge in [-0.25, -0.2) is 0 Å². The van der Waals surface area contributed by atoms with Crippen molar-refractivity contribution >= 4 is 17.5 Å². The maximum atomic E-state index is 5.89. The molecular weight excluding hydrogens is 266 g/mol. The first-order valence-corrected chi connectivity index (χ1v) is 6.35. The Morgan fingerprint density at radius 3 is 2.63 bits per heavy atom. The van der Waals surface area contributed by atoms with Gasteiger partial charge in [-0.2, -0.15) is 15.0 Å². The van der Waals surface area contributed by atoms with Crippen LogP contribution in [0.15, 0.2) is 24.5 Å². The van der Waals surface area contributed by atoms with E-state index in [9.17, 15) is 0 Å². The van der Waals surface area contributed by atoms with E-state index in [0.29, 0.717) is 11.7 Å². The summed E-state index contributed by atoms with van der Waals surface area (Å²) in [4.78, 5) is 18.2. The number of ether oxygens (including phenoxy) is 1. The number of halogens is 1. The Balaban J connectivity index is 2.26. The normalized spacial score (nSPS) is 10.3. The molecule has 0 atom stereocenters. The zero-order chi connectivity index (χ0) is 13.7. The predicted octanol–water partition coefficient (Wildman–Crippen LogP) is 2.56. The highest BCUT2D eigenvalue weighted by atomic mass is 35.5. The van der Waals surface area contributed by atoms with Crippen LogP contribution in [-0.4, -0.2) is 33.0 Å². The lowest BCUT2D eigenvalue weighted by Crippen LogP contribution is -2.24. The van der Waals surface area contributed by atoms with E-state index >= 15 is 0 Å². The van der Waals surface area contributed by atoms with Gasteiger partial charge in [0.25, 0.3) is 0 Å². The molecule has 0 saturated heterocycles. The highest BCUT2D eigenvalue weighted by Gasteiger charge is 2.11. The number of rotatable bonds is 5. The highest BCUT2D eigenvalue weighted by Crippen LogP contribution is 2.20. The summed E-state index contributed by atoms with van der Waals surface area (Å²) in [5, 5.41) is 0.107. The molecule has 0 spiro atoms. The Labute approximate surface area is 116 Å². The van der Waals surface area contributed by atoms with Crippen LogP contribution in [0.5, 0.6) is 11.8 Å². The molecule has 2 aromatic heterocycles. The number of hydrogen-bond donors (Lipinski definition) is 0. The van der Waals surface area contributed by atoms with Crippen molar-refractivity contribution in [2.45, 2.75) is 13.8 Å². The van der Waals surface area contributed by atoms with Crippen molar-refractivity contribution in [2.24, 2.45) is 0 Å². The number of anilines is 1. The summed E-state index contributed by atoms with van der Waals surface area (Å²) in [6.45, 7) is 5.60. The van der Waals surface area contributed by atoms with Gasteiger partial charge in [-0.1, -0.05) is 0 Å². The summed E-state index contributed by atoms with van der Waals surface area (Å²) in [7, 11) is 0. The van der Waals surface area contributed by atoms with Crippen molar-refractivity contribution < 1.29 is 4.74 Å². The summed E-state index contributed by atoms with van der Waals surface area (Å²) in [6.07, 6.45) is 3.24. The van der Waals surface area contributed by atoms with E-state index in [2.05, 4.69) is 19.9 Å². The SMILES string of the molecule is CCN(CC)c1nc(Cl)nc(Oc2cccnc2)n1. The van der Waals surface area contributed by atoms with Crippen LogP contribution >= 0.6 is 11.6 Å². The third-order valence-corrected chi connectivity index (χ3v) is 2.63. The Morgan fingerprint density at radius 1 is 1.21 bits per heavy atom. The molecule has 2 aromatic rings. The van der Waals surface area contributed by atoms with Gasteiger partial charge in [-0.3, -0.25) is 4.98 Å². The largest absolute Gasteiger partial charge is 0.422 e. The molecule has 0 aromatic carbocycles. The lowest BCUT2D eigenvalue weighted by Gasteiger charge is -2.18. The molecule has 0 amide bonds. The number of hydrogen-bond acceptors (Lipinski definition) is 6. The molecule has 0 N–H and O–H groups in total. The van der Waals surface area contributed by atoms with Gasteiger partial charge in [0.05, 0.1) is 6.20 Å². The zero-order valence-electron chi connectivity index (χ0n) is 10.7. The molecule has 0 bridgehead atoms. The molecule has 19 heavy (non-hydrogen) atoms. The molecule has 0 fully saturated rings. The number of nitrogens with zero attached hydrogens (tertiary/aromatic N) is 5. The van der Waals surface area contributed by atoms with Crippen molar-refractivity contribution in [1.82, 2.24) is 19.9 Å². The van der Waals surface area contributed by atoms with Gasteiger partial charge in [0.1, 0.15) is 5.75 Å². The maximum Gasteiger partial charge on any atom is 0.328 e. The molecule has 6 nitrogen and oxygen atoms in total. The molecular formula is C12H14ClN5O. The minimum atomic E-state index is 0.107. The van der Waals surface area contributed by atoms with Crippen LogP contribution in [0.1, 0.15) is 13.8 Å². The summed E-state index contributed by atoms with van der Waals surface area (Å²) in [5.74, 6) is 1.05. The third kappa shape index (κ3) is 3.51. The smallest absolute Gasteiger partial charge is 0.328 e. The Morgan fingerprint density at radius 2 is 2.00 bits per heavy atom. The zero-order valence-corrected chi connectivity index (χ0v) is 11.5. The van der Waals surface area contributed by atoms with Crippen LogP contribution < -0.4 is 9.64 Å². The summed E-state index contributed by atoms with van der Waals surface area (Å²) >= 11 is 5.89. The molecule has 2 heterocycles. The fraction of sp³-hybridized carbons (Fsp3) is 0.333. The van der Waals surface area contributed by atoms with Crippen molar-refractivity contribution in [1.29, 1.82) is 0 Å². The Bertz CT molecular complexity index is 533. The second kappa shape index (κ2) is 6.29. The van der Waals surface area contributed by atoms with Crippen LogP contribution in [0.4, 0.5) is 5.95 Å². The molecule has 0 aliphatic heterocycles. The molecule has 2 rings (SSSR count). The molecule has 0 unspecified atom stereocenters. The maximum absolute atomic E-state index is 5.89. The third-order valence-electron chi connectivity index (χ3n) is 2.47. The minimum Gasteiger partial charge on any atom is -0.422 e. The average molecular weight is 280 g/mol. The Kier molecular flexibility index (Phi) is 4.46. The quantitative estimate of drug-likeness (QED) is 0.838. The molecule has 0 aliphatic rings. The van der Waals surface area contributed by atoms with E-state index in [4.69, 9.17) is 16.3 Å². The topological polar surface area (TPSA) is 64.0 Å². The molecule has 100 valence electrons.